The Labute approximate surface area is 96.8 Å². The highest BCUT2D eigenvalue weighted by Gasteiger charge is 2.29. The first-order valence-electron chi connectivity index (χ1n) is 6.03. The third-order valence-corrected chi connectivity index (χ3v) is 4.96. The summed E-state index contributed by atoms with van der Waals surface area (Å²) in [5, 5.41) is 9.63. The molecule has 2 atom stereocenters. The summed E-state index contributed by atoms with van der Waals surface area (Å²) >= 11 is 1.71. The highest BCUT2D eigenvalue weighted by molar-refractivity contribution is 8.01. The summed E-state index contributed by atoms with van der Waals surface area (Å²) in [7, 11) is 0. The number of hydrogen-bond acceptors (Lipinski definition) is 2. The minimum atomic E-state index is -0.618. The molecule has 1 saturated carbocycles. The van der Waals surface area contributed by atoms with Crippen LogP contribution in [0.4, 0.5) is 0 Å². The van der Waals surface area contributed by atoms with Crippen LogP contribution in [0.1, 0.15) is 52.4 Å². The van der Waals surface area contributed by atoms with Gasteiger partial charge < -0.3 is 5.11 Å². The first kappa shape index (κ1) is 12.9. The molecule has 0 spiro atoms. The van der Waals surface area contributed by atoms with Crippen LogP contribution < -0.4 is 0 Å². The van der Waals surface area contributed by atoms with E-state index in [4.69, 9.17) is 0 Å². The monoisotopic (exact) mass is 230 g/mol. The standard InChI is InChI=1S/C12H22O2S/c1-3-6-9(2)11(12(13)14)15-10-7-4-5-8-10/h9-11H,3-8H2,1-2H3,(H,13,14). The van der Waals surface area contributed by atoms with Gasteiger partial charge in [-0.25, -0.2) is 0 Å². The Morgan fingerprint density at radius 1 is 1.47 bits per heavy atom. The van der Waals surface area contributed by atoms with E-state index in [1.165, 1.54) is 25.7 Å². The summed E-state index contributed by atoms with van der Waals surface area (Å²) in [6.45, 7) is 4.19. The Morgan fingerprint density at radius 2 is 2.07 bits per heavy atom. The third-order valence-electron chi connectivity index (χ3n) is 3.15. The fourth-order valence-electron chi connectivity index (χ4n) is 2.27. The highest BCUT2D eigenvalue weighted by atomic mass is 32.2. The number of rotatable bonds is 6. The van der Waals surface area contributed by atoms with Crippen molar-refractivity contribution in [1.29, 1.82) is 0 Å². The largest absolute Gasteiger partial charge is 0.480 e. The SMILES string of the molecule is CCCC(C)C(SC1CCCC1)C(=O)O. The van der Waals surface area contributed by atoms with Gasteiger partial charge in [0, 0.05) is 5.25 Å². The van der Waals surface area contributed by atoms with E-state index in [9.17, 15) is 9.90 Å². The van der Waals surface area contributed by atoms with E-state index < -0.39 is 5.97 Å². The Hall–Kier alpha value is -0.180. The smallest absolute Gasteiger partial charge is 0.316 e. The van der Waals surface area contributed by atoms with Crippen LogP contribution in [0.15, 0.2) is 0 Å². The van der Waals surface area contributed by atoms with Gasteiger partial charge >= 0.3 is 5.97 Å². The zero-order valence-corrected chi connectivity index (χ0v) is 10.6. The average Bonchev–Trinajstić information content (AvgIpc) is 2.66. The molecule has 0 aromatic carbocycles. The molecule has 0 heterocycles. The van der Waals surface area contributed by atoms with Gasteiger partial charge in [0.05, 0.1) is 0 Å². The van der Waals surface area contributed by atoms with Gasteiger partial charge in [-0.3, -0.25) is 4.79 Å². The van der Waals surface area contributed by atoms with E-state index in [0.29, 0.717) is 11.2 Å². The van der Waals surface area contributed by atoms with Gasteiger partial charge in [-0.1, -0.05) is 33.1 Å². The summed E-state index contributed by atoms with van der Waals surface area (Å²) in [5.41, 5.74) is 0. The molecular weight excluding hydrogens is 208 g/mol. The van der Waals surface area contributed by atoms with E-state index in [0.717, 1.165) is 12.8 Å². The van der Waals surface area contributed by atoms with Crippen LogP contribution in [0.5, 0.6) is 0 Å². The van der Waals surface area contributed by atoms with E-state index >= 15 is 0 Å². The molecule has 1 fully saturated rings. The Kier molecular flexibility index (Phi) is 5.51. The third kappa shape index (κ3) is 4.06. The molecule has 0 amide bonds. The normalized spacial score (nSPS) is 21.5. The summed E-state index contributed by atoms with van der Waals surface area (Å²) in [4.78, 5) is 11.2. The number of aliphatic carboxylic acids is 1. The van der Waals surface area contributed by atoms with E-state index in [1.807, 2.05) is 0 Å². The lowest BCUT2D eigenvalue weighted by Gasteiger charge is -2.22. The summed E-state index contributed by atoms with van der Waals surface area (Å²) < 4.78 is 0. The maximum atomic E-state index is 11.2. The van der Waals surface area contributed by atoms with Crippen molar-refractivity contribution < 1.29 is 9.90 Å². The average molecular weight is 230 g/mol. The second kappa shape index (κ2) is 6.41. The minimum Gasteiger partial charge on any atom is -0.480 e. The molecule has 1 aliphatic carbocycles. The molecule has 0 aliphatic heterocycles. The lowest BCUT2D eigenvalue weighted by atomic mass is 10.0. The molecule has 0 saturated heterocycles. The second-order valence-corrected chi connectivity index (χ2v) is 6.01. The Morgan fingerprint density at radius 3 is 2.53 bits per heavy atom. The van der Waals surface area contributed by atoms with Crippen molar-refractivity contribution in [3.63, 3.8) is 0 Å². The molecule has 1 rings (SSSR count). The van der Waals surface area contributed by atoms with Crippen LogP contribution in [-0.2, 0) is 4.79 Å². The zero-order chi connectivity index (χ0) is 11.3. The van der Waals surface area contributed by atoms with E-state index in [-0.39, 0.29) is 5.25 Å². The number of carbonyl (C=O) groups is 1. The van der Waals surface area contributed by atoms with Crippen LogP contribution in [0.2, 0.25) is 0 Å². The van der Waals surface area contributed by atoms with Crippen molar-refractivity contribution in [2.75, 3.05) is 0 Å². The molecule has 2 nitrogen and oxygen atoms in total. The molecule has 88 valence electrons. The van der Waals surface area contributed by atoms with Crippen molar-refractivity contribution >= 4 is 17.7 Å². The van der Waals surface area contributed by atoms with Crippen molar-refractivity contribution in [1.82, 2.24) is 0 Å². The molecular formula is C12H22O2S. The van der Waals surface area contributed by atoms with Crippen LogP contribution in [0, 0.1) is 5.92 Å². The zero-order valence-electron chi connectivity index (χ0n) is 9.74. The summed E-state index contributed by atoms with van der Waals surface area (Å²) in [6, 6.07) is 0. The fourth-order valence-corrected chi connectivity index (χ4v) is 3.82. The number of carboxylic acids is 1. The summed E-state index contributed by atoms with van der Waals surface area (Å²) in [5.74, 6) is -0.314. The van der Waals surface area contributed by atoms with Crippen molar-refractivity contribution in [3.8, 4) is 0 Å². The maximum Gasteiger partial charge on any atom is 0.316 e. The van der Waals surface area contributed by atoms with Gasteiger partial charge in [-0.05, 0) is 25.2 Å². The number of thioether (sulfide) groups is 1. The summed E-state index contributed by atoms with van der Waals surface area (Å²) in [6.07, 6.45) is 7.10. The predicted octanol–water partition coefficient (Wildman–Crippen LogP) is 3.55. The number of hydrogen-bond donors (Lipinski definition) is 1. The Bertz CT molecular complexity index is 200. The van der Waals surface area contributed by atoms with Gasteiger partial charge in [0.2, 0.25) is 0 Å². The van der Waals surface area contributed by atoms with Crippen molar-refractivity contribution in [3.05, 3.63) is 0 Å². The van der Waals surface area contributed by atoms with Crippen molar-refractivity contribution in [2.45, 2.75) is 62.9 Å². The quantitative estimate of drug-likeness (QED) is 0.758. The topological polar surface area (TPSA) is 37.3 Å². The first-order chi connectivity index (χ1) is 7.15. The van der Waals surface area contributed by atoms with Crippen LogP contribution in [0.25, 0.3) is 0 Å². The second-order valence-electron chi connectivity index (χ2n) is 4.57. The van der Waals surface area contributed by atoms with Crippen LogP contribution in [0.3, 0.4) is 0 Å². The fraction of sp³-hybridized carbons (Fsp3) is 0.917. The maximum absolute atomic E-state index is 11.2. The minimum absolute atomic E-state index is 0.187. The molecule has 2 unspecified atom stereocenters. The molecule has 0 aromatic rings. The highest BCUT2D eigenvalue weighted by Crippen LogP contribution is 2.35. The lowest BCUT2D eigenvalue weighted by Crippen LogP contribution is -2.26. The van der Waals surface area contributed by atoms with E-state index in [1.54, 1.807) is 11.8 Å². The Balaban J connectivity index is 2.45. The molecule has 15 heavy (non-hydrogen) atoms. The van der Waals surface area contributed by atoms with Gasteiger partial charge in [-0.15, -0.1) is 11.8 Å². The lowest BCUT2D eigenvalue weighted by molar-refractivity contribution is -0.137. The first-order valence-corrected chi connectivity index (χ1v) is 6.97. The predicted molar refractivity (Wildman–Crippen MR) is 65.3 cm³/mol. The van der Waals surface area contributed by atoms with Gasteiger partial charge in [0.15, 0.2) is 0 Å². The van der Waals surface area contributed by atoms with Crippen LogP contribution >= 0.6 is 11.8 Å². The molecule has 1 aliphatic rings. The van der Waals surface area contributed by atoms with Gasteiger partial charge in [-0.2, -0.15) is 0 Å². The molecule has 0 bridgehead atoms. The van der Waals surface area contributed by atoms with Gasteiger partial charge in [0.1, 0.15) is 5.25 Å². The number of carboxylic acid groups (broad SMARTS) is 1. The molecule has 3 heteroatoms. The molecule has 0 radical (unpaired) electrons. The van der Waals surface area contributed by atoms with Crippen molar-refractivity contribution in [2.24, 2.45) is 5.92 Å². The molecule has 1 N–H and O–H groups in total. The molecule has 0 aromatic heterocycles. The van der Waals surface area contributed by atoms with E-state index in [2.05, 4.69) is 13.8 Å². The van der Waals surface area contributed by atoms with Crippen LogP contribution in [-0.4, -0.2) is 21.6 Å². The van der Waals surface area contributed by atoms with Gasteiger partial charge in [0.25, 0.3) is 0 Å².